The van der Waals surface area contributed by atoms with Crippen LogP contribution in [0.5, 0.6) is 0 Å². The zero-order chi connectivity index (χ0) is 14.5. The molecule has 2 heterocycles. The van der Waals surface area contributed by atoms with Crippen molar-refractivity contribution >= 4 is 17.7 Å². The third-order valence-corrected chi connectivity index (χ3v) is 4.03. The monoisotopic (exact) mass is 290 g/mol. The highest BCUT2D eigenvalue weighted by atomic mass is 32.2. The molecule has 0 saturated heterocycles. The molecule has 0 aliphatic rings. The summed E-state index contributed by atoms with van der Waals surface area (Å²) in [4.78, 5) is 17.0. The maximum absolute atomic E-state index is 12.0. The molecule has 0 fully saturated rings. The number of hydrogen-bond donors (Lipinski definition) is 2. The van der Waals surface area contributed by atoms with Crippen molar-refractivity contribution in [3.8, 4) is 0 Å². The van der Waals surface area contributed by atoms with E-state index in [1.807, 2.05) is 32.9 Å². The van der Waals surface area contributed by atoms with Gasteiger partial charge in [-0.3, -0.25) is 14.9 Å². The van der Waals surface area contributed by atoms with Crippen LogP contribution < -0.4 is 5.32 Å². The molecule has 20 heavy (non-hydrogen) atoms. The molecule has 2 rings (SSSR count). The molecule has 2 aromatic rings. The number of nitrogens with zero attached hydrogens (tertiary/aromatic N) is 2. The highest BCUT2D eigenvalue weighted by Crippen LogP contribution is 2.20. The SMILES string of the molecule is Cc1n[nH]c(C)c1C(C)NC(=O)CSc1ccncc1. The molecular weight excluding hydrogens is 272 g/mol. The summed E-state index contributed by atoms with van der Waals surface area (Å²) in [5.41, 5.74) is 2.99. The van der Waals surface area contributed by atoms with Gasteiger partial charge in [0.15, 0.2) is 0 Å². The molecule has 2 N–H and O–H groups in total. The molecule has 0 bridgehead atoms. The Morgan fingerprint density at radius 1 is 1.40 bits per heavy atom. The number of rotatable bonds is 5. The molecule has 106 valence electrons. The minimum absolute atomic E-state index is 0.0133. The molecule has 0 saturated carbocycles. The summed E-state index contributed by atoms with van der Waals surface area (Å²) in [5, 5.41) is 10.1. The van der Waals surface area contributed by atoms with Crippen molar-refractivity contribution in [2.45, 2.75) is 31.7 Å². The number of thioether (sulfide) groups is 1. The predicted molar refractivity (Wildman–Crippen MR) is 79.6 cm³/mol. The number of aromatic amines is 1. The highest BCUT2D eigenvalue weighted by Gasteiger charge is 2.16. The van der Waals surface area contributed by atoms with Gasteiger partial charge in [-0.05, 0) is 32.9 Å². The molecular formula is C14H18N4OS. The lowest BCUT2D eigenvalue weighted by atomic mass is 10.1. The fourth-order valence-corrected chi connectivity index (χ4v) is 2.83. The van der Waals surface area contributed by atoms with E-state index in [0.717, 1.165) is 21.8 Å². The normalized spacial score (nSPS) is 12.2. The lowest BCUT2D eigenvalue weighted by molar-refractivity contribution is -0.119. The topological polar surface area (TPSA) is 70.7 Å². The number of amides is 1. The van der Waals surface area contributed by atoms with Crippen LogP contribution in [0.3, 0.4) is 0 Å². The molecule has 0 spiro atoms. The van der Waals surface area contributed by atoms with Gasteiger partial charge < -0.3 is 5.32 Å². The van der Waals surface area contributed by atoms with E-state index in [1.165, 1.54) is 11.8 Å². The zero-order valence-electron chi connectivity index (χ0n) is 11.8. The van der Waals surface area contributed by atoms with Gasteiger partial charge in [0.25, 0.3) is 0 Å². The Kier molecular flexibility index (Phi) is 4.79. The van der Waals surface area contributed by atoms with Crippen LogP contribution in [0.4, 0.5) is 0 Å². The summed E-state index contributed by atoms with van der Waals surface area (Å²) in [6.45, 7) is 5.87. The van der Waals surface area contributed by atoms with Crippen LogP contribution in [0, 0.1) is 13.8 Å². The number of H-pyrrole nitrogens is 1. The van der Waals surface area contributed by atoms with Crippen molar-refractivity contribution < 1.29 is 4.79 Å². The van der Waals surface area contributed by atoms with Gasteiger partial charge in [0.2, 0.25) is 5.91 Å². The van der Waals surface area contributed by atoms with Crippen molar-refractivity contribution in [3.63, 3.8) is 0 Å². The molecule has 1 unspecified atom stereocenters. The van der Waals surface area contributed by atoms with Gasteiger partial charge in [-0.1, -0.05) is 0 Å². The van der Waals surface area contributed by atoms with E-state index in [-0.39, 0.29) is 11.9 Å². The van der Waals surface area contributed by atoms with E-state index in [4.69, 9.17) is 0 Å². The van der Waals surface area contributed by atoms with Crippen LogP contribution in [0.2, 0.25) is 0 Å². The number of carbonyl (C=O) groups excluding carboxylic acids is 1. The largest absolute Gasteiger partial charge is 0.349 e. The first-order valence-corrected chi connectivity index (χ1v) is 7.40. The fraction of sp³-hybridized carbons (Fsp3) is 0.357. The van der Waals surface area contributed by atoms with E-state index in [0.29, 0.717) is 5.75 Å². The minimum Gasteiger partial charge on any atom is -0.349 e. The van der Waals surface area contributed by atoms with Gasteiger partial charge in [-0.15, -0.1) is 11.8 Å². The van der Waals surface area contributed by atoms with Crippen LogP contribution in [0.1, 0.15) is 29.9 Å². The molecule has 1 atom stereocenters. The molecule has 0 aliphatic heterocycles. The van der Waals surface area contributed by atoms with Crippen LogP contribution in [0.25, 0.3) is 0 Å². The molecule has 1 amide bonds. The van der Waals surface area contributed by atoms with Crippen molar-refractivity contribution in [2.24, 2.45) is 0 Å². The lowest BCUT2D eigenvalue weighted by Gasteiger charge is -2.14. The molecule has 0 radical (unpaired) electrons. The lowest BCUT2D eigenvalue weighted by Crippen LogP contribution is -2.28. The van der Waals surface area contributed by atoms with Crippen LogP contribution in [-0.4, -0.2) is 26.8 Å². The standard InChI is InChI=1S/C14H18N4OS/c1-9(14-10(2)17-18-11(14)3)16-13(19)8-20-12-4-6-15-7-5-12/h4-7,9H,8H2,1-3H3,(H,16,19)(H,17,18). The third kappa shape index (κ3) is 3.60. The quantitative estimate of drug-likeness (QED) is 0.830. The van der Waals surface area contributed by atoms with Gasteiger partial charge in [-0.2, -0.15) is 5.10 Å². The maximum atomic E-state index is 12.0. The van der Waals surface area contributed by atoms with Crippen LogP contribution >= 0.6 is 11.8 Å². The van der Waals surface area contributed by atoms with Crippen molar-refractivity contribution in [1.82, 2.24) is 20.5 Å². The van der Waals surface area contributed by atoms with E-state index in [1.54, 1.807) is 12.4 Å². The second-order valence-corrected chi connectivity index (χ2v) is 5.66. The third-order valence-electron chi connectivity index (χ3n) is 3.02. The summed E-state index contributed by atoms with van der Waals surface area (Å²) in [7, 11) is 0. The van der Waals surface area contributed by atoms with E-state index in [2.05, 4.69) is 20.5 Å². The molecule has 0 aromatic carbocycles. The Bertz CT molecular complexity index is 563. The molecule has 2 aromatic heterocycles. The second kappa shape index (κ2) is 6.56. The van der Waals surface area contributed by atoms with Gasteiger partial charge in [-0.25, -0.2) is 0 Å². The Balaban J connectivity index is 1.89. The summed E-state index contributed by atoms with van der Waals surface area (Å²) >= 11 is 1.50. The van der Waals surface area contributed by atoms with Crippen molar-refractivity contribution in [1.29, 1.82) is 0 Å². The Hall–Kier alpha value is -1.82. The predicted octanol–water partition coefficient (Wildman–Crippen LogP) is 2.39. The minimum atomic E-state index is -0.0423. The average Bonchev–Trinajstić information content (AvgIpc) is 2.77. The summed E-state index contributed by atoms with van der Waals surface area (Å²) in [6, 6.07) is 3.75. The Morgan fingerprint density at radius 2 is 2.10 bits per heavy atom. The first-order valence-electron chi connectivity index (χ1n) is 6.41. The van der Waals surface area contributed by atoms with E-state index in [9.17, 15) is 4.79 Å². The van der Waals surface area contributed by atoms with Gasteiger partial charge in [0.1, 0.15) is 0 Å². The van der Waals surface area contributed by atoms with Crippen LogP contribution in [-0.2, 0) is 4.79 Å². The molecule has 6 heteroatoms. The second-order valence-electron chi connectivity index (χ2n) is 4.61. The number of hydrogen-bond acceptors (Lipinski definition) is 4. The van der Waals surface area contributed by atoms with Gasteiger partial charge >= 0.3 is 0 Å². The highest BCUT2D eigenvalue weighted by molar-refractivity contribution is 8.00. The summed E-state index contributed by atoms with van der Waals surface area (Å²) in [5.74, 6) is 0.406. The summed E-state index contributed by atoms with van der Waals surface area (Å²) < 4.78 is 0. The number of aryl methyl sites for hydroxylation is 2. The Morgan fingerprint density at radius 3 is 2.70 bits per heavy atom. The van der Waals surface area contributed by atoms with Crippen LogP contribution in [0.15, 0.2) is 29.4 Å². The average molecular weight is 290 g/mol. The molecule has 0 aliphatic carbocycles. The first kappa shape index (κ1) is 14.6. The number of nitrogens with one attached hydrogen (secondary N) is 2. The van der Waals surface area contributed by atoms with Gasteiger partial charge in [0.05, 0.1) is 17.5 Å². The Labute approximate surface area is 122 Å². The number of pyridine rings is 1. The fourth-order valence-electron chi connectivity index (χ4n) is 2.14. The number of aromatic nitrogens is 3. The maximum Gasteiger partial charge on any atom is 0.230 e. The van der Waals surface area contributed by atoms with Gasteiger partial charge in [0, 0.05) is 28.5 Å². The zero-order valence-corrected chi connectivity index (χ0v) is 12.6. The van der Waals surface area contributed by atoms with E-state index >= 15 is 0 Å². The first-order chi connectivity index (χ1) is 9.58. The van der Waals surface area contributed by atoms with E-state index < -0.39 is 0 Å². The molecule has 5 nitrogen and oxygen atoms in total. The smallest absolute Gasteiger partial charge is 0.230 e. The van der Waals surface area contributed by atoms with Crippen molar-refractivity contribution in [2.75, 3.05) is 5.75 Å². The summed E-state index contributed by atoms with van der Waals surface area (Å²) in [6.07, 6.45) is 3.45. The number of carbonyl (C=O) groups is 1. The van der Waals surface area contributed by atoms with Crippen molar-refractivity contribution in [3.05, 3.63) is 41.5 Å².